The molecule has 0 N–H and O–H groups in total. The van der Waals surface area contributed by atoms with Gasteiger partial charge in [-0.25, -0.2) is 0 Å². The first-order valence-electron chi connectivity index (χ1n) is 12.8. The molecule has 2 aliphatic carbocycles. The largest absolute Gasteiger partial charge is 0.379 e. The fourth-order valence-electron chi connectivity index (χ4n) is 6.06. The summed E-state index contributed by atoms with van der Waals surface area (Å²) in [7, 11) is -2.33. The zero-order valence-electron chi connectivity index (χ0n) is 22.6. The van der Waals surface area contributed by atoms with Crippen LogP contribution >= 0.6 is 23.2 Å². The fourth-order valence-corrected chi connectivity index (χ4v) is 7.32. The molecule has 6 nitrogen and oxygen atoms in total. The van der Waals surface area contributed by atoms with E-state index in [2.05, 4.69) is 27.7 Å². The summed E-state index contributed by atoms with van der Waals surface area (Å²) in [4.78, 5) is 29.5. The van der Waals surface area contributed by atoms with E-state index in [9.17, 15) is 18.0 Å². The van der Waals surface area contributed by atoms with Gasteiger partial charge in [0.1, 0.15) is 10.6 Å². The van der Waals surface area contributed by atoms with E-state index in [0.717, 1.165) is 11.4 Å². The third kappa shape index (κ3) is 5.17. The number of carbonyl (C=O) groups excluding carboxylic acids is 2. The van der Waals surface area contributed by atoms with E-state index in [0.29, 0.717) is 52.4 Å². The number of hydrogen-bond acceptors (Lipinski definition) is 6. The molecular formula is C30H31Cl2NO5S. The summed E-state index contributed by atoms with van der Waals surface area (Å²) in [6.07, 6.45) is 1.93. The van der Waals surface area contributed by atoms with Crippen LogP contribution in [0.25, 0.3) is 0 Å². The SMILES string of the molecule is CN1C2=C(C(=O)CC(C)(C)C2)C(c2cc(Cl)ccc2OS(=O)(=O)c2ccc(Cl)cc2)C2=C1CC(C)(C)CC2=O. The van der Waals surface area contributed by atoms with Crippen LogP contribution in [0.4, 0.5) is 0 Å². The smallest absolute Gasteiger partial charge is 0.339 e. The number of carbonyl (C=O) groups is 2. The van der Waals surface area contributed by atoms with Gasteiger partial charge in [-0.05, 0) is 66.1 Å². The molecule has 0 spiro atoms. The lowest BCUT2D eigenvalue weighted by Crippen LogP contribution is -2.43. The van der Waals surface area contributed by atoms with Crippen molar-refractivity contribution < 1.29 is 22.2 Å². The number of nitrogens with zero attached hydrogens (tertiary/aromatic N) is 1. The molecule has 0 unspecified atom stereocenters. The maximum absolute atomic E-state index is 13.8. The molecule has 0 saturated heterocycles. The molecule has 0 amide bonds. The van der Waals surface area contributed by atoms with E-state index in [1.807, 2.05) is 11.9 Å². The molecule has 5 rings (SSSR count). The number of hydrogen-bond donors (Lipinski definition) is 0. The van der Waals surface area contributed by atoms with Crippen LogP contribution < -0.4 is 4.18 Å². The lowest BCUT2D eigenvalue weighted by Gasteiger charge is -2.48. The third-order valence-corrected chi connectivity index (χ3v) is 9.50. The zero-order chi connectivity index (χ0) is 28.5. The quantitative estimate of drug-likeness (QED) is 0.355. The molecule has 1 aliphatic heterocycles. The number of ketones is 2. The summed E-state index contributed by atoms with van der Waals surface area (Å²) in [6, 6.07) is 10.3. The van der Waals surface area contributed by atoms with E-state index < -0.39 is 16.0 Å². The second-order valence-electron chi connectivity index (χ2n) is 12.3. The van der Waals surface area contributed by atoms with Crippen molar-refractivity contribution in [2.45, 2.75) is 64.2 Å². The number of rotatable bonds is 4. The highest BCUT2D eigenvalue weighted by atomic mass is 35.5. The second-order valence-corrected chi connectivity index (χ2v) is 14.7. The highest BCUT2D eigenvalue weighted by Crippen LogP contribution is 2.55. The number of Topliss-reactive ketones (excluding diaryl/α,β-unsaturated/α-hetero) is 2. The van der Waals surface area contributed by atoms with Crippen LogP contribution in [0.1, 0.15) is 64.9 Å². The third-order valence-electron chi connectivity index (χ3n) is 7.76. The number of benzene rings is 2. The molecule has 206 valence electrons. The molecule has 3 aliphatic rings. The van der Waals surface area contributed by atoms with Crippen LogP contribution in [0.3, 0.4) is 0 Å². The predicted octanol–water partition coefficient (Wildman–Crippen LogP) is 7.08. The summed E-state index contributed by atoms with van der Waals surface area (Å²) < 4.78 is 32.3. The van der Waals surface area contributed by atoms with Crippen molar-refractivity contribution in [3.63, 3.8) is 0 Å². The molecule has 0 aromatic heterocycles. The van der Waals surface area contributed by atoms with E-state index in [1.54, 1.807) is 6.07 Å². The Balaban J connectivity index is 1.73. The topological polar surface area (TPSA) is 80.8 Å². The maximum atomic E-state index is 13.8. The van der Waals surface area contributed by atoms with Gasteiger partial charge in [0.15, 0.2) is 11.6 Å². The zero-order valence-corrected chi connectivity index (χ0v) is 24.9. The molecule has 0 bridgehead atoms. The average Bonchev–Trinajstić information content (AvgIpc) is 2.80. The van der Waals surface area contributed by atoms with Crippen LogP contribution in [0.15, 0.2) is 69.9 Å². The molecule has 39 heavy (non-hydrogen) atoms. The minimum atomic E-state index is -4.25. The second kappa shape index (κ2) is 9.50. The van der Waals surface area contributed by atoms with Crippen molar-refractivity contribution in [3.8, 4) is 5.75 Å². The number of halogens is 2. The average molecular weight is 589 g/mol. The standard InChI is InChI=1S/C30H31Cl2NO5S/c1-29(2)13-21-27(23(34)15-29)26(28-22(33(21)5)14-30(3,4)16-24(28)35)20-12-18(32)8-11-25(20)38-39(36,37)19-9-6-17(31)7-10-19/h6-12,26H,13-16H2,1-5H3. The van der Waals surface area contributed by atoms with Gasteiger partial charge in [0.2, 0.25) is 0 Å². The molecule has 2 aromatic carbocycles. The Bertz CT molecular complexity index is 1510. The fraction of sp³-hybridized carbons (Fsp3) is 0.400. The van der Waals surface area contributed by atoms with Gasteiger partial charge in [-0.2, -0.15) is 8.42 Å². The molecule has 0 radical (unpaired) electrons. The van der Waals surface area contributed by atoms with Gasteiger partial charge in [0.25, 0.3) is 0 Å². The Labute approximate surface area is 239 Å². The van der Waals surface area contributed by atoms with Crippen molar-refractivity contribution in [1.29, 1.82) is 0 Å². The van der Waals surface area contributed by atoms with E-state index in [1.165, 1.54) is 36.4 Å². The van der Waals surface area contributed by atoms with Gasteiger partial charge in [0.05, 0.1) is 0 Å². The summed E-state index contributed by atoms with van der Waals surface area (Å²) in [6.45, 7) is 8.24. The summed E-state index contributed by atoms with van der Waals surface area (Å²) >= 11 is 12.4. The van der Waals surface area contributed by atoms with Gasteiger partial charge in [-0.3, -0.25) is 9.59 Å². The summed E-state index contributed by atoms with van der Waals surface area (Å²) in [5.41, 5.74) is 2.61. The van der Waals surface area contributed by atoms with Crippen molar-refractivity contribution in [1.82, 2.24) is 4.90 Å². The minimum absolute atomic E-state index is 0.0258. The van der Waals surface area contributed by atoms with Crippen LogP contribution in [-0.2, 0) is 19.7 Å². The monoisotopic (exact) mass is 587 g/mol. The predicted molar refractivity (Wildman–Crippen MR) is 151 cm³/mol. The Kier molecular flexibility index (Phi) is 6.80. The summed E-state index contributed by atoms with van der Waals surface area (Å²) in [5, 5.41) is 0.737. The van der Waals surface area contributed by atoms with E-state index in [4.69, 9.17) is 27.4 Å². The normalized spacial score (nSPS) is 21.2. The lowest BCUT2D eigenvalue weighted by molar-refractivity contribution is -0.119. The minimum Gasteiger partial charge on any atom is -0.379 e. The molecule has 2 aromatic rings. The van der Waals surface area contributed by atoms with E-state index in [-0.39, 0.29) is 33.0 Å². The first kappa shape index (κ1) is 27.9. The molecule has 0 saturated carbocycles. The Morgan fingerprint density at radius 3 is 1.79 bits per heavy atom. The molecule has 0 fully saturated rings. The van der Waals surface area contributed by atoms with Crippen LogP contribution in [0, 0.1) is 10.8 Å². The molecule has 0 atom stereocenters. The van der Waals surface area contributed by atoms with Crippen molar-refractivity contribution >= 4 is 44.9 Å². The first-order chi connectivity index (χ1) is 18.1. The van der Waals surface area contributed by atoms with Crippen LogP contribution in [0.2, 0.25) is 10.0 Å². The number of allylic oxidation sites excluding steroid dienone is 4. The first-order valence-corrected chi connectivity index (χ1v) is 15.0. The van der Waals surface area contributed by atoms with Crippen LogP contribution in [-0.4, -0.2) is 31.9 Å². The van der Waals surface area contributed by atoms with Gasteiger partial charge < -0.3 is 9.08 Å². The van der Waals surface area contributed by atoms with Crippen LogP contribution in [0.5, 0.6) is 5.75 Å². The van der Waals surface area contributed by atoms with Crippen molar-refractivity contribution in [2.24, 2.45) is 10.8 Å². The lowest BCUT2D eigenvalue weighted by atomic mass is 9.63. The Morgan fingerprint density at radius 2 is 1.28 bits per heavy atom. The highest BCUT2D eigenvalue weighted by Gasteiger charge is 2.49. The summed E-state index contributed by atoms with van der Waals surface area (Å²) in [5.74, 6) is -0.882. The molecular weight excluding hydrogens is 557 g/mol. The molecule has 1 heterocycles. The van der Waals surface area contributed by atoms with Gasteiger partial charge in [-0.15, -0.1) is 0 Å². The van der Waals surface area contributed by atoms with Crippen molar-refractivity contribution in [2.75, 3.05) is 7.05 Å². The van der Waals surface area contributed by atoms with E-state index >= 15 is 0 Å². The Hall–Kier alpha value is -2.61. The highest BCUT2D eigenvalue weighted by molar-refractivity contribution is 7.87. The van der Waals surface area contributed by atoms with Gasteiger partial charge in [-0.1, -0.05) is 50.9 Å². The maximum Gasteiger partial charge on any atom is 0.339 e. The van der Waals surface area contributed by atoms with Gasteiger partial charge in [0, 0.05) is 64.0 Å². The van der Waals surface area contributed by atoms with Gasteiger partial charge >= 0.3 is 10.1 Å². The molecule has 9 heteroatoms. The Morgan fingerprint density at radius 1 is 0.795 bits per heavy atom. The van der Waals surface area contributed by atoms with Crippen molar-refractivity contribution in [3.05, 3.63) is 80.6 Å².